The lowest BCUT2D eigenvalue weighted by molar-refractivity contribution is -0.126. The number of carbonyl (C=O) groups excluding carboxylic acids is 1. The number of para-hydroxylation sites is 1. The van der Waals surface area contributed by atoms with Crippen LogP contribution < -0.4 is 5.56 Å². The van der Waals surface area contributed by atoms with Crippen molar-refractivity contribution in [1.29, 1.82) is 0 Å². The number of amides is 1. The highest BCUT2D eigenvalue weighted by Gasteiger charge is 2.10. The standard InChI is InChI=1S/C18H17N3O2S/c1-2-21(12-13-6-5-11-24-13)17(22)10-9-16-19-15-8-4-3-7-14(15)18(23)20-16/h3-11H,2,12H2,1H3,(H,19,20,23). The van der Waals surface area contributed by atoms with Gasteiger partial charge in [0, 0.05) is 17.5 Å². The van der Waals surface area contributed by atoms with E-state index in [0.29, 0.717) is 29.8 Å². The third-order valence-corrected chi connectivity index (χ3v) is 4.50. The highest BCUT2D eigenvalue weighted by Crippen LogP contribution is 2.12. The first-order valence-electron chi connectivity index (χ1n) is 7.66. The highest BCUT2D eigenvalue weighted by atomic mass is 32.1. The molecule has 3 rings (SSSR count). The molecule has 2 aromatic heterocycles. The van der Waals surface area contributed by atoms with Crippen LogP contribution in [0.3, 0.4) is 0 Å². The molecule has 0 radical (unpaired) electrons. The first-order chi connectivity index (χ1) is 11.7. The van der Waals surface area contributed by atoms with E-state index in [1.165, 1.54) is 6.08 Å². The lowest BCUT2D eigenvalue weighted by Gasteiger charge is -2.18. The second-order valence-electron chi connectivity index (χ2n) is 5.23. The number of carbonyl (C=O) groups is 1. The van der Waals surface area contributed by atoms with Crippen LogP contribution in [0.4, 0.5) is 0 Å². The monoisotopic (exact) mass is 339 g/mol. The second kappa shape index (κ2) is 7.23. The van der Waals surface area contributed by atoms with Crippen LogP contribution in [0.5, 0.6) is 0 Å². The molecule has 3 aromatic rings. The molecule has 0 aliphatic carbocycles. The van der Waals surface area contributed by atoms with E-state index < -0.39 is 0 Å². The van der Waals surface area contributed by atoms with E-state index in [0.717, 1.165) is 4.88 Å². The summed E-state index contributed by atoms with van der Waals surface area (Å²) in [6, 6.07) is 11.1. The van der Waals surface area contributed by atoms with Crippen LogP contribution in [0.1, 0.15) is 17.6 Å². The van der Waals surface area contributed by atoms with Crippen LogP contribution in [0.2, 0.25) is 0 Å². The van der Waals surface area contributed by atoms with E-state index in [9.17, 15) is 9.59 Å². The van der Waals surface area contributed by atoms with Gasteiger partial charge >= 0.3 is 0 Å². The molecule has 24 heavy (non-hydrogen) atoms. The molecule has 0 spiro atoms. The molecule has 0 bridgehead atoms. The van der Waals surface area contributed by atoms with Gasteiger partial charge in [-0.1, -0.05) is 18.2 Å². The molecule has 1 amide bonds. The number of H-pyrrole nitrogens is 1. The molecule has 1 aromatic carbocycles. The summed E-state index contributed by atoms with van der Waals surface area (Å²) in [7, 11) is 0. The largest absolute Gasteiger partial charge is 0.334 e. The van der Waals surface area contributed by atoms with Crippen molar-refractivity contribution in [3.05, 3.63) is 68.9 Å². The number of benzene rings is 1. The normalized spacial score (nSPS) is 11.2. The fourth-order valence-corrected chi connectivity index (χ4v) is 3.09. The summed E-state index contributed by atoms with van der Waals surface area (Å²) < 4.78 is 0. The molecule has 122 valence electrons. The van der Waals surface area contributed by atoms with Crippen molar-refractivity contribution in [2.75, 3.05) is 6.54 Å². The number of aromatic amines is 1. The molecule has 0 unspecified atom stereocenters. The third kappa shape index (κ3) is 3.60. The maximum absolute atomic E-state index is 12.3. The molecule has 0 saturated carbocycles. The van der Waals surface area contributed by atoms with E-state index >= 15 is 0 Å². The van der Waals surface area contributed by atoms with E-state index in [1.807, 2.05) is 30.5 Å². The van der Waals surface area contributed by atoms with Crippen LogP contribution in [-0.2, 0) is 11.3 Å². The molecule has 0 saturated heterocycles. The molecule has 1 N–H and O–H groups in total. The SMILES string of the molecule is CCN(Cc1cccs1)C(=O)C=Cc1nc2ccccc2c(=O)[nH]1. The van der Waals surface area contributed by atoms with Gasteiger partial charge in [-0.2, -0.15) is 0 Å². The van der Waals surface area contributed by atoms with Gasteiger partial charge in [0.15, 0.2) is 0 Å². The summed E-state index contributed by atoms with van der Waals surface area (Å²) in [6.07, 6.45) is 3.00. The average molecular weight is 339 g/mol. The smallest absolute Gasteiger partial charge is 0.259 e. The van der Waals surface area contributed by atoms with Crippen LogP contribution in [-0.4, -0.2) is 27.3 Å². The number of likely N-dealkylation sites (N-methyl/N-ethyl adjacent to an activating group) is 1. The lowest BCUT2D eigenvalue weighted by Crippen LogP contribution is -2.28. The Hall–Kier alpha value is -2.73. The predicted octanol–water partition coefficient (Wildman–Crippen LogP) is 3.05. The van der Waals surface area contributed by atoms with Crippen molar-refractivity contribution >= 4 is 34.2 Å². The Bertz CT molecular complexity index is 929. The van der Waals surface area contributed by atoms with Crippen LogP contribution in [0, 0.1) is 0 Å². The number of rotatable bonds is 5. The minimum Gasteiger partial charge on any atom is -0.334 e. The molecule has 6 heteroatoms. The average Bonchev–Trinajstić information content (AvgIpc) is 3.11. The zero-order valence-electron chi connectivity index (χ0n) is 13.2. The van der Waals surface area contributed by atoms with E-state index in [1.54, 1.807) is 40.5 Å². The van der Waals surface area contributed by atoms with Gasteiger partial charge < -0.3 is 9.88 Å². The summed E-state index contributed by atoms with van der Waals surface area (Å²) >= 11 is 1.62. The number of aromatic nitrogens is 2. The molecule has 0 aliphatic rings. The number of fused-ring (bicyclic) bond motifs is 1. The zero-order valence-corrected chi connectivity index (χ0v) is 14.0. The molecule has 0 atom stereocenters. The summed E-state index contributed by atoms with van der Waals surface area (Å²) in [5.41, 5.74) is 0.401. The Morgan fingerprint density at radius 2 is 2.12 bits per heavy atom. The predicted molar refractivity (Wildman–Crippen MR) is 96.8 cm³/mol. The fraction of sp³-hybridized carbons (Fsp3) is 0.167. The second-order valence-corrected chi connectivity index (χ2v) is 6.27. The van der Waals surface area contributed by atoms with E-state index in [4.69, 9.17) is 0 Å². The summed E-state index contributed by atoms with van der Waals surface area (Å²) in [5.74, 6) is 0.265. The van der Waals surface area contributed by atoms with Gasteiger partial charge in [-0.3, -0.25) is 9.59 Å². The van der Waals surface area contributed by atoms with Crippen LogP contribution in [0.15, 0.2) is 52.6 Å². The minimum absolute atomic E-state index is 0.110. The number of hydrogen-bond acceptors (Lipinski definition) is 4. The minimum atomic E-state index is -0.210. The Morgan fingerprint density at radius 3 is 2.88 bits per heavy atom. The maximum atomic E-state index is 12.3. The van der Waals surface area contributed by atoms with Crippen molar-refractivity contribution in [3.8, 4) is 0 Å². The lowest BCUT2D eigenvalue weighted by atomic mass is 10.2. The number of thiophene rings is 1. The summed E-state index contributed by atoms with van der Waals surface area (Å²) in [5, 5.41) is 2.53. The first kappa shape index (κ1) is 16.1. The Morgan fingerprint density at radius 1 is 1.29 bits per heavy atom. The number of nitrogens with zero attached hydrogens (tertiary/aromatic N) is 2. The molecule has 0 aliphatic heterocycles. The van der Waals surface area contributed by atoms with Crippen molar-refractivity contribution in [2.45, 2.75) is 13.5 Å². The van der Waals surface area contributed by atoms with Gasteiger partial charge in [-0.05, 0) is 36.6 Å². The third-order valence-electron chi connectivity index (χ3n) is 3.64. The van der Waals surface area contributed by atoms with Crippen molar-refractivity contribution < 1.29 is 4.79 Å². The van der Waals surface area contributed by atoms with Crippen LogP contribution in [0.25, 0.3) is 17.0 Å². The van der Waals surface area contributed by atoms with E-state index in [-0.39, 0.29) is 11.5 Å². The molecular weight excluding hydrogens is 322 g/mol. The molecule has 5 nitrogen and oxygen atoms in total. The van der Waals surface area contributed by atoms with Crippen molar-refractivity contribution in [2.24, 2.45) is 0 Å². The zero-order chi connectivity index (χ0) is 16.9. The maximum Gasteiger partial charge on any atom is 0.259 e. The quantitative estimate of drug-likeness (QED) is 0.727. The van der Waals surface area contributed by atoms with Gasteiger partial charge in [0.1, 0.15) is 5.82 Å². The van der Waals surface area contributed by atoms with Gasteiger partial charge in [0.25, 0.3) is 5.56 Å². The molecular formula is C18H17N3O2S. The van der Waals surface area contributed by atoms with Gasteiger partial charge in [-0.25, -0.2) is 4.98 Å². The van der Waals surface area contributed by atoms with Crippen molar-refractivity contribution in [1.82, 2.24) is 14.9 Å². The van der Waals surface area contributed by atoms with Gasteiger partial charge in [0.2, 0.25) is 5.91 Å². The summed E-state index contributed by atoms with van der Waals surface area (Å²) in [4.78, 5) is 34.3. The Labute approximate surface area is 143 Å². The topological polar surface area (TPSA) is 66.1 Å². The Balaban J connectivity index is 1.79. The van der Waals surface area contributed by atoms with Crippen molar-refractivity contribution in [3.63, 3.8) is 0 Å². The molecule has 0 fully saturated rings. The fourth-order valence-electron chi connectivity index (χ4n) is 2.38. The Kier molecular flexibility index (Phi) is 4.86. The van der Waals surface area contributed by atoms with E-state index in [2.05, 4.69) is 9.97 Å². The first-order valence-corrected chi connectivity index (χ1v) is 8.54. The summed E-state index contributed by atoms with van der Waals surface area (Å²) in [6.45, 7) is 3.14. The highest BCUT2D eigenvalue weighted by molar-refractivity contribution is 7.09. The van der Waals surface area contributed by atoms with Gasteiger partial charge in [0.05, 0.1) is 17.4 Å². The number of hydrogen-bond donors (Lipinski definition) is 1. The molecule has 2 heterocycles. The van der Waals surface area contributed by atoms with Crippen LogP contribution >= 0.6 is 11.3 Å². The van der Waals surface area contributed by atoms with Gasteiger partial charge in [-0.15, -0.1) is 11.3 Å². The number of nitrogens with one attached hydrogen (secondary N) is 1.